The second kappa shape index (κ2) is 11.3. The number of carbonyl (C=O) groups is 3. The molecule has 0 aliphatic heterocycles. The molecule has 0 saturated heterocycles. The van der Waals surface area contributed by atoms with Gasteiger partial charge in [-0.15, -0.1) is 11.8 Å². The number of amides is 2. The van der Waals surface area contributed by atoms with Gasteiger partial charge in [0.15, 0.2) is 6.10 Å². The van der Waals surface area contributed by atoms with Crippen LogP contribution in [0.4, 0.5) is 5.69 Å². The lowest BCUT2D eigenvalue weighted by Gasteiger charge is -2.24. The summed E-state index contributed by atoms with van der Waals surface area (Å²) in [5, 5.41) is 12.1. The lowest BCUT2D eigenvalue weighted by Crippen LogP contribution is -2.39. The Morgan fingerprint density at radius 3 is 2.40 bits per heavy atom. The van der Waals surface area contributed by atoms with Crippen LogP contribution in [0.1, 0.15) is 25.8 Å². The third-order valence-corrected chi connectivity index (χ3v) is 5.23. The van der Waals surface area contributed by atoms with Crippen LogP contribution in [0.5, 0.6) is 5.75 Å². The molecule has 30 heavy (non-hydrogen) atoms. The Balaban J connectivity index is 2.02. The van der Waals surface area contributed by atoms with E-state index in [0.29, 0.717) is 17.9 Å². The average Bonchev–Trinajstić information content (AvgIpc) is 2.69. The summed E-state index contributed by atoms with van der Waals surface area (Å²) in [5.74, 6) is -0.275. The molecule has 0 spiro atoms. The molecular weight excluding hydrogens is 404 g/mol. The number of carbonyl (C=O) groups excluding carboxylic acids is 3. The summed E-state index contributed by atoms with van der Waals surface area (Å²) in [6.45, 7) is 2.96. The molecule has 1 atom stereocenters. The molecule has 0 aromatic heterocycles. The highest BCUT2D eigenvalue weighted by Crippen LogP contribution is 2.23. The number of phenolic OH excluding ortho intramolecular Hbond substituents is 1. The zero-order valence-corrected chi connectivity index (χ0v) is 18.1. The number of ether oxygens (including phenoxy) is 1. The van der Waals surface area contributed by atoms with Crippen molar-refractivity contribution in [3.63, 3.8) is 0 Å². The van der Waals surface area contributed by atoms with Gasteiger partial charge in [-0.1, -0.05) is 18.2 Å². The molecule has 0 saturated carbocycles. The maximum atomic E-state index is 12.9. The van der Waals surface area contributed by atoms with Crippen LogP contribution in [0, 0.1) is 0 Å². The van der Waals surface area contributed by atoms with E-state index in [9.17, 15) is 19.5 Å². The molecule has 8 heteroatoms. The van der Waals surface area contributed by atoms with Crippen molar-refractivity contribution in [2.24, 2.45) is 0 Å². The Labute approximate surface area is 180 Å². The van der Waals surface area contributed by atoms with Gasteiger partial charge in [-0.05, 0) is 35.9 Å². The van der Waals surface area contributed by atoms with Crippen LogP contribution in [0.25, 0.3) is 0 Å². The maximum absolute atomic E-state index is 12.9. The Morgan fingerprint density at radius 2 is 1.77 bits per heavy atom. The van der Waals surface area contributed by atoms with Crippen molar-refractivity contribution in [1.82, 2.24) is 4.90 Å². The van der Waals surface area contributed by atoms with E-state index in [1.54, 1.807) is 43.4 Å². The number of phenols is 1. The van der Waals surface area contributed by atoms with Crippen molar-refractivity contribution in [3.8, 4) is 5.75 Å². The number of nitrogens with one attached hydrogen (secondary N) is 1. The molecule has 2 rings (SSSR count). The van der Waals surface area contributed by atoms with Gasteiger partial charge in [0.05, 0.1) is 0 Å². The minimum absolute atomic E-state index is 0.188. The average molecular weight is 431 g/mol. The van der Waals surface area contributed by atoms with Gasteiger partial charge >= 0.3 is 5.97 Å². The molecule has 7 nitrogen and oxygen atoms in total. The predicted octanol–water partition coefficient (Wildman–Crippen LogP) is 3.42. The van der Waals surface area contributed by atoms with Gasteiger partial charge in [0, 0.05) is 50.2 Å². The van der Waals surface area contributed by atoms with Gasteiger partial charge in [0.25, 0.3) is 5.91 Å². The van der Waals surface area contributed by atoms with Crippen LogP contribution >= 0.6 is 11.8 Å². The number of anilines is 1. The minimum Gasteiger partial charge on any atom is -0.508 e. The van der Waals surface area contributed by atoms with E-state index in [1.165, 1.54) is 30.5 Å². The number of hydrogen-bond donors (Lipinski definition) is 2. The first-order valence-corrected chi connectivity index (χ1v) is 10.4. The molecule has 2 N–H and O–H groups in total. The number of nitrogens with zero attached hydrogens (tertiary/aromatic N) is 1. The second-order valence-corrected chi connectivity index (χ2v) is 7.93. The van der Waals surface area contributed by atoms with Gasteiger partial charge in [-0.25, -0.2) is 0 Å². The van der Waals surface area contributed by atoms with Crippen molar-refractivity contribution in [2.45, 2.75) is 37.8 Å². The van der Waals surface area contributed by atoms with Crippen molar-refractivity contribution in [2.75, 3.05) is 18.1 Å². The normalized spacial score (nSPS) is 11.4. The van der Waals surface area contributed by atoms with E-state index >= 15 is 0 Å². The topological polar surface area (TPSA) is 95.9 Å². The van der Waals surface area contributed by atoms with Crippen molar-refractivity contribution in [3.05, 3.63) is 54.1 Å². The highest BCUT2D eigenvalue weighted by molar-refractivity contribution is 7.99. The van der Waals surface area contributed by atoms with Crippen LogP contribution in [0.3, 0.4) is 0 Å². The molecule has 1 unspecified atom stereocenters. The molecular formula is C22H26N2O5S. The van der Waals surface area contributed by atoms with Gasteiger partial charge < -0.3 is 20.1 Å². The summed E-state index contributed by atoms with van der Waals surface area (Å²) >= 11 is 1.51. The van der Waals surface area contributed by atoms with E-state index < -0.39 is 12.1 Å². The monoisotopic (exact) mass is 430 g/mol. The Hall–Kier alpha value is -3.00. The van der Waals surface area contributed by atoms with Crippen LogP contribution < -0.4 is 5.32 Å². The first-order chi connectivity index (χ1) is 14.3. The number of likely N-dealkylation sites (N-methyl/N-ethyl adjacent to an activating group) is 1. The van der Waals surface area contributed by atoms with Gasteiger partial charge in [0.2, 0.25) is 5.91 Å². The summed E-state index contributed by atoms with van der Waals surface area (Å²) < 4.78 is 5.27. The molecule has 2 aromatic carbocycles. The summed E-state index contributed by atoms with van der Waals surface area (Å²) in [5.41, 5.74) is 1.42. The summed E-state index contributed by atoms with van der Waals surface area (Å²) in [6.07, 6.45) is -0.549. The van der Waals surface area contributed by atoms with Crippen molar-refractivity contribution in [1.29, 1.82) is 0 Å². The molecule has 2 amide bonds. The fraction of sp³-hybridized carbons (Fsp3) is 0.318. The van der Waals surface area contributed by atoms with E-state index in [-0.39, 0.29) is 24.1 Å². The molecule has 0 bridgehead atoms. The SMILES string of the molecule is CC(=O)Nc1ccccc1CN(C)C(=O)C(CCSc1ccc(O)cc1)OC(C)=O. The fourth-order valence-electron chi connectivity index (χ4n) is 2.81. The lowest BCUT2D eigenvalue weighted by molar-refractivity contribution is -0.158. The second-order valence-electron chi connectivity index (χ2n) is 6.76. The number of rotatable bonds is 9. The molecule has 160 valence electrons. The van der Waals surface area contributed by atoms with Gasteiger partial charge in [-0.2, -0.15) is 0 Å². The molecule has 0 aliphatic carbocycles. The van der Waals surface area contributed by atoms with Gasteiger partial charge in [0.1, 0.15) is 5.75 Å². The molecule has 0 fully saturated rings. The van der Waals surface area contributed by atoms with Crippen molar-refractivity contribution < 1.29 is 24.2 Å². The highest BCUT2D eigenvalue weighted by atomic mass is 32.2. The number of thioether (sulfide) groups is 1. The summed E-state index contributed by atoms with van der Waals surface area (Å²) in [4.78, 5) is 38.3. The smallest absolute Gasteiger partial charge is 0.303 e. The Kier molecular flexibility index (Phi) is 8.73. The number of hydrogen-bond acceptors (Lipinski definition) is 6. The van der Waals surface area contributed by atoms with Crippen molar-refractivity contribution >= 4 is 35.2 Å². The van der Waals surface area contributed by atoms with Crippen LogP contribution in [0.15, 0.2) is 53.4 Å². The molecule has 0 aliphatic rings. The lowest BCUT2D eigenvalue weighted by atomic mass is 10.1. The third kappa shape index (κ3) is 7.44. The number of benzene rings is 2. The van der Waals surface area contributed by atoms with Gasteiger partial charge in [-0.3, -0.25) is 14.4 Å². The quantitative estimate of drug-likeness (QED) is 0.467. The predicted molar refractivity (Wildman–Crippen MR) is 116 cm³/mol. The van der Waals surface area contributed by atoms with Crippen LogP contribution in [-0.4, -0.2) is 46.7 Å². The minimum atomic E-state index is -0.898. The molecule has 0 heterocycles. The van der Waals surface area contributed by atoms with E-state index in [4.69, 9.17) is 4.74 Å². The van der Waals surface area contributed by atoms with E-state index in [2.05, 4.69) is 5.32 Å². The summed E-state index contributed by atoms with van der Waals surface area (Å²) in [6, 6.07) is 14.0. The third-order valence-electron chi connectivity index (χ3n) is 4.18. The molecule has 2 aromatic rings. The first kappa shape index (κ1) is 23.3. The van der Waals surface area contributed by atoms with Crippen LogP contribution in [0.2, 0.25) is 0 Å². The Morgan fingerprint density at radius 1 is 1.10 bits per heavy atom. The number of aromatic hydroxyl groups is 1. The highest BCUT2D eigenvalue weighted by Gasteiger charge is 2.25. The number of para-hydroxylation sites is 1. The standard InChI is InChI=1S/C22H26N2O5S/c1-15(25)23-20-7-5-4-6-17(20)14-24(3)22(28)21(29-16(2)26)12-13-30-19-10-8-18(27)9-11-19/h4-11,21,27H,12-14H2,1-3H3,(H,23,25). The molecule has 0 radical (unpaired) electrons. The number of esters is 1. The Bertz CT molecular complexity index is 885. The zero-order valence-electron chi connectivity index (χ0n) is 17.3. The first-order valence-electron chi connectivity index (χ1n) is 9.45. The van der Waals surface area contributed by atoms with E-state index in [1.807, 2.05) is 12.1 Å². The van der Waals surface area contributed by atoms with E-state index in [0.717, 1.165) is 10.5 Å². The maximum Gasteiger partial charge on any atom is 0.303 e. The van der Waals surface area contributed by atoms with Crippen LogP contribution in [-0.2, 0) is 25.7 Å². The fourth-order valence-corrected chi connectivity index (χ4v) is 3.70. The zero-order chi connectivity index (χ0) is 22.1. The summed E-state index contributed by atoms with van der Waals surface area (Å²) in [7, 11) is 1.64. The largest absolute Gasteiger partial charge is 0.508 e.